The Morgan fingerprint density at radius 3 is 2.76 bits per heavy atom. The Morgan fingerprint density at radius 2 is 1.93 bits per heavy atom. The molecule has 29 heavy (non-hydrogen) atoms. The van der Waals surface area contributed by atoms with Crippen molar-refractivity contribution >= 4 is 33.3 Å². The number of benzene rings is 2. The maximum Gasteiger partial charge on any atom is 0.277 e. The van der Waals surface area contributed by atoms with E-state index in [1.807, 2.05) is 0 Å². The molecule has 0 fully saturated rings. The van der Waals surface area contributed by atoms with Gasteiger partial charge in [0.05, 0.1) is 11.9 Å². The topological polar surface area (TPSA) is 89.8 Å². The summed E-state index contributed by atoms with van der Waals surface area (Å²) in [6, 6.07) is 13.2. The van der Waals surface area contributed by atoms with Crippen LogP contribution >= 0.6 is 11.3 Å². The third-order valence-corrected chi connectivity index (χ3v) is 5.18. The van der Waals surface area contributed by atoms with Gasteiger partial charge < -0.3 is 5.32 Å². The van der Waals surface area contributed by atoms with Gasteiger partial charge in [0.2, 0.25) is 5.91 Å². The van der Waals surface area contributed by atoms with Gasteiger partial charge >= 0.3 is 0 Å². The number of rotatable bonds is 6. The van der Waals surface area contributed by atoms with E-state index in [9.17, 15) is 14.0 Å². The standard InChI is InChI=1S/C20H16FN5O2S/c21-14-7-5-13(6-8-14)11-15-12-22-20(29-15)23-18(27)9-10-26-19(28)16-3-1-2-4-17(16)24-25-26/h1-8,12H,9-11H2,(H,22,23,27). The highest BCUT2D eigenvalue weighted by Gasteiger charge is 2.10. The summed E-state index contributed by atoms with van der Waals surface area (Å²) in [7, 11) is 0. The molecule has 0 atom stereocenters. The van der Waals surface area contributed by atoms with Crippen molar-refractivity contribution in [2.24, 2.45) is 0 Å². The summed E-state index contributed by atoms with van der Waals surface area (Å²) in [4.78, 5) is 29.8. The average molecular weight is 409 g/mol. The zero-order chi connectivity index (χ0) is 20.2. The second kappa shape index (κ2) is 8.27. The monoisotopic (exact) mass is 409 g/mol. The number of nitrogens with zero attached hydrogens (tertiary/aromatic N) is 4. The third-order valence-electron chi connectivity index (χ3n) is 4.27. The molecule has 146 valence electrons. The number of thiazole rings is 1. The molecule has 0 aliphatic rings. The first-order valence-electron chi connectivity index (χ1n) is 8.90. The van der Waals surface area contributed by atoms with E-state index in [0.717, 1.165) is 10.4 Å². The fraction of sp³-hybridized carbons (Fsp3) is 0.150. The maximum absolute atomic E-state index is 13.0. The van der Waals surface area contributed by atoms with Gasteiger partial charge in [-0.05, 0) is 29.8 Å². The molecular formula is C20H16FN5O2S. The molecule has 4 rings (SSSR count). The van der Waals surface area contributed by atoms with Gasteiger partial charge in [-0.15, -0.1) is 16.4 Å². The lowest BCUT2D eigenvalue weighted by atomic mass is 10.1. The fourth-order valence-electron chi connectivity index (χ4n) is 2.81. The lowest BCUT2D eigenvalue weighted by molar-refractivity contribution is -0.116. The van der Waals surface area contributed by atoms with E-state index < -0.39 is 0 Å². The molecule has 0 spiro atoms. The molecule has 1 N–H and O–H groups in total. The van der Waals surface area contributed by atoms with Crippen LogP contribution in [-0.2, 0) is 17.8 Å². The third kappa shape index (κ3) is 4.52. The highest BCUT2D eigenvalue weighted by molar-refractivity contribution is 7.15. The van der Waals surface area contributed by atoms with Crippen LogP contribution in [0.3, 0.4) is 0 Å². The van der Waals surface area contributed by atoms with E-state index in [4.69, 9.17) is 0 Å². The largest absolute Gasteiger partial charge is 0.302 e. The highest BCUT2D eigenvalue weighted by Crippen LogP contribution is 2.21. The summed E-state index contributed by atoms with van der Waals surface area (Å²) in [5, 5.41) is 11.5. The second-order valence-corrected chi connectivity index (χ2v) is 7.48. The molecule has 0 unspecified atom stereocenters. The first kappa shape index (κ1) is 18.9. The van der Waals surface area contributed by atoms with Crippen molar-refractivity contribution in [3.05, 3.63) is 81.3 Å². The lowest BCUT2D eigenvalue weighted by Crippen LogP contribution is -2.26. The number of amides is 1. The molecule has 0 bridgehead atoms. The molecular weight excluding hydrogens is 393 g/mol. The summed E-state index contributed by atoms with van der Waals surface area (Å²) in [5.41, 5.74) is 1.20. The van der Waals surface area contributed by atoms with Crippen molar-refractivity contribution in [2.75, 3.05) is 5.32 Å². The summed E-state index contributed by atoms with van der Waals surface area (Å²) >= 11 is 1.35. The van der Waals surface area contributed by atoms with Gasteiger partial charge in [-0.25, -0.2) is 14.1 Å². The van der Waals surface area contributed by atoms with Gasteiger partial charge in [0.15, 0.2) is 5.13 Å². The minimum Gasteiger partial charge on any atom is -0.302 e. The van der Waals surface area contributed by atoms with Crippen LogP contribution < -0.4 is 10.9 Å². The number of hydrogen-bond acceptors (Lipinski definition) is 6. The molecule has 0 aliphatic heterocycles. The zero-order valence-corrected chi connectivity index (χ0v) is 16.0. The van der Waals surface area contributed by atoms with E-state index in [1.54, 1.807) is 42.6 Å². The van der Waals surface area contributed by atoms with Crippen molar-refractivity contribution < 1.29 is 9.18 Å². The number of nitrogens with one attached hydrogen (secondary N) is 1. The van der Waals surface area contributed by atoms with E-state index in [-0.39, 0.29) is 30.2 Å². The molecule has 4 aromatic rings. The Kier molecular flexibility index (Phi) is 5.39. The number of carbonyl (C=O) groups excluding carboxylic acids is 1. The van der Waals surface area contributed by atoms with Crippen molar-refractivity contribution in [3.63, 3.8) is 0 Å². The molecule has 9 heteroatoms. The van der Waals surface area contributed by atoms with Gasteiger partial charge in [0.25, 0.3) is 5.56 Å². The van der Waals surface area contributed by atoms with Crippen LogP contribution in [0.4, 0.5) is 9.52 Å². The van der Waals surface area contributed by atoms with Crippen LogP contribution in [0.2, 0.25) is 0 Å². The number of carbonyl (C=O) groups is 1. The molecule has 0 saturated carbocycles. The summed E-state index contributed by atoms with van der Waals surface area (Å²) in [5.74, 6) is -0.546. The Balaban J connectivity index is 1.35. The molecule has 1 amide bonds. The van der Waals surface area contributed by atoms with Gasteiger partial charge in [-0.3, -0.25) is 9.59 Å². The highest BCUT2D eigenvalue weighted by atomic mass is 32.1. The van der Waals surface area contributed by atoms with Crippen molar-refractivity contribution in [1.29, 1.82) is 0 Å². The van der Waals surface area contributed by atoms with E-state index >= 15 is 0 Å². The normalized spacial score (nSPS) is 10.9. The minimum absolute atomic E-state index is 0.0692. The zero-order valence-electron chi connectivity index (χ0n) is 15.2. The van der Waals surface area contributed by atoms with Crippen LogP contribution in [0.1, 0.15) is 16.9 Å². The van der Waals surface area contributed by atoms with Crippen LogP contribution in [0, 0.1) is 5.82 Å². The Labute approximate surface area is 168 Å². The first-order valence-corrected chi connectivity index (χ1v) is 9.72. The fourth-order valence-corrected chi connectivity index (χ4v) is 3.67. The molecule has 2 aromatic carbocycles. The number of aryl methyl sites for hydroxylation is 1. The summed E-state index contributed by atoms with van der Waals surface area (Å²) < 4.78 is 14.2. The Bertz CT molecular complexity index is 1220. The van der Waals surface area contributed by atoms with E-state index in [0.29, 0.717) is 22.5 Å². The van der Waals surface area contributed by atoms with Crippen LogP contribution in [0.25, 0.3) is 10.9 Å². The molecule has 2 aromatic heterocycles. The smallest absolute Gasteiger partial charge is 0.277 e. The van der Waals surface area contributed by atoms with Crippen molar-refractivity contribution in [3.8, 4) is 0 Å². The Morgan fingerprint density at radius 1 is 1.14 bits per heavy atom. The number of anilines is 1. The first-order chi connectivity index (χ1) is 14.1. The predicted molar refractivity (Wildman–Crippen MR) is 108 cm³/mol. The average Bonchev–Trinajstić information content (AvgIpc) is 3.16. The van der Waals surface area contributed by atoms with Gasteiger partial charge in [0, 0.05) is 23.9 Å². The second-order valence-electron chi connectivity index (χ2n) is 6.37. The molecule has 0 saturated heterocycles. The van der Waals surface area contributed by atoms with Gasteiger partial charge in [0.1, 0.15) is 11.3 Å². The SMILES string of the molecule is O=C(CCn1nnc2ccccc2c1=O)Nc1ncc(Cc2ccc(F)cc2)s1. The quantitative estimate of drug-likeness (QED) is 0.529. The van der Waals surface area contributed by atoms with E-state index in [2.05, 4.69) is 20.6 Å². The summed E-state index contributed by atoms with van der Waals surface area (Å²) in [6.45, 7) is 0.121. The molecule has 0 radical (unpaired) electrons. The maximum atomic E-state index is 13.0. The van der Waals surface area contributed by atoms with Crippen LogP contribution in [0.5, 0.6) is 0 Å². The van der Waals surface area contributed by atoms with Crippen LogP contribution in [-0.4, -0.2) is 25.9 Å². The Hall–Kier alpha value is -3.46. The van der Waals surface area contributed by atoms with E-state index in [1.165, 1.54) is 28.2 Å². The van der Waals surface area contributed by atoms with Crippen molar-refractivity contribution in [1.82, 2.24) is 20.0 Å². The molecule has 2 heterocycles. The van der Waals surface area contributed by atoms with Gasteiger partial charge in [-0.2, -0.15) is 0 Å². The summed E-state index contributed by atoms with van der Waals surface area (Å²) in [6.07, 6.45) is 2.36. The lowest BCUT2D eigenvalue weighted by Gasteiger charge is -2.04. The minimum atomic E-state index is -0.278. The van der Waals surface area contributed by atoms with Crippen LogP contribution in [0.15, 0.2) is 59.5 Å². The predicted octanol–water partition coefficient (Wildman–Crippen LogP) is 3.01. The number of fused-ring (bicyclic) bond motifs is 1. The van der Waals surface area contributed by atoms with Crippen molar-refractivity contribution in [2.45, 2.75) is 19.4 Å². The number of aromatic nitrogens is 4. The number of hydrogen-bond donors (Lipinski definition) is 1. The van der Waals surface area contributed by atoms with Gasteiger partial charge in [-0.1, -0.05) is 29.5 Å². The molecule has 0 aliphatic carbocycles. The number of halogens is 1. The molecule has 7 nitrogen and oxygen atoms in total.